The minimum Gasteiger partial charge on any atom is -0.326 e. The Hall–Kier alpha value is -2.90. The smallest absolute Gasteiger partial charge is 0.326 e. The van der Waals surface area contributed by atoms with Gasteiger partial charge in [-0.3, -0.25) is 18.8 Å². The van der Waals surface area contributed by atoms with Crippen LogP contribution < -0.4 is 11.0 Å². The van der Waals surface area contributed by atoms with E-state index in [9.17, 15) is 9.59 Å². The van der Waals surface area contributed by atoms with Crippen LogP contribution in [-0.4, -0.2) is 57.6 Å². The van der Waals surface area contributed by atoms with Gasteiger partial charge < -0.3 is 10.2 Å². The van der Waals surface area contributed by atoms with Crippen molar-refractivity contribution >= 4 is 22.6 Å². The van der Waals surface area contributed by atoms with E-state index < -0.39 is 0 Å². The van der Waals surface area contributed by atoms with Crippen LogP contribution >= 0.6 is 0 Å². The van der Waals surface area contributed by atoms with Gasteiger partial charge in [0, 0.05) is 57.9 Å². The molecule has 2 aromatic carbocycles. The molecule has 33 heavy (non-hydrogen) atoms. The van der Waals surface area contributed by atoms with E-state index >= 15 is 0 Å². The second-order valence-electron chi connectivity index (χ2n) is 8.78. The zero-order chi connectivity index (χ0) is 23.2. The third-order valence-corrected chi connectivity index (χ3v) is 6.49. The van der Waals surface area contributed by atoms with Crippen molar-refractivity contribution in [1.82, 2.24) is 18.9 Å². The lowest BCUT2D eigenvalue weighted by atomic mass is 10.1. The van der Waals surface area contributed by atoms with Gasteiger partial charge in [-0.2, -0.15) is 0 Å². The molecule has 1 fully saturated rings. The van der Waals surface area contributed by atoms with Gasteiger partial charge in [0.05, 0.1) is 11.0 Å². The highest BCUT2D eigenvalue weighted by Crippen LogP contribution is 2.15. The fraction of sp³-hybridized carbons (Fsp3) is 0.462. The van der Waals surface area contributed by atoms with Crippen molar-refractivity contribution in [3.05, 3.63) is 64.6 Å². The van der Waals surface area contributed by atoms with Gasteiger partial charge in [-0.15, -0.1) is 0 Å². The molecule has 3 aromatic rings. The Kier molecular flexibility index (Phi) is 7.62. The highest BCUT2D eigenvalue weighted by Gasteiger charge is 2.16. The lowest BCUT2D eigenvalue weighted by molar-refractivity contribution is -0.116. The summed E-state index contributed by atoms with van der Waals surface area (Å²) in [6.45, 7) is 11.8. The number of carbonyl (C=O) groups is 1. The summed E-state index contributed by atoms with van der Waals surface area (Å²) in [6, 6.07) is 15.9. The molecule has 176 valence electrons. The van der Waals surface area contributed by atoms with E-state index in [4.69, 9.17) is 0 Å². The number of aromatic nitrogens is 2. The number of nitrogens with one attached hydrogen (secondary N) is 1. The normalized spacial score (nSPS) is 15.2. The first kappa shape index (κ1) is 23.3. The molecule has 0 unspecified atom stereocenters. The van der Waals surface area contributed by atoms with Crippen LogP contribution in [0.15, 0.2) is 53.3 Å². The number of carbonyl (C=O) groups excluding carboxylic acids is 1. The molecule has 4 rings (SSSR count). The number of benzene rings is 2. The minimum absolute atomic E-state index is 0.0463. The Labute approximate surface area is 195 Å². The van der Waals surface area contributed by atoms with Crippen molar-refractivity contribution in [2.75, 3.05) is 38.0 Å². The van der Waals surface area contributed by atoms with Crippen molar-refractivity contribution in [1.29, 1.82) is 0 Å². The summed E-state index contributed by atoms with van der Waals surface area (Å²) in [6.07, 6.45) is 1.14. The van der Waals surface area contributed by atoms with E-state index in [2.05, 4.69) is 41.1 Å². The predicted octanol–water partition coefficient (Wildman–Crippen LogP) is 3.38. The van der Waals surface area contributed by atoms with Crippen LogP contribution in [0.25, 0.3) is 11.0 Å². The molecule has 0 spiro atoms. The van der Waals surface area contributed by atoms with E-state index in [-0.39, 0.29) is 18.0 Å². The number of amides is 1. The summed E-state index contributed by atoms with van der Waals surface area (Å²) in [4.78, 5) is 30.4. The van der Waals surface area contributed by atoms with Crippen molar-refractivity contribution in [3.63, 3.8) is 0 Å². The molecule has 0 saturated carbocycles. The quantitative estimate of drug-likeness (QED) is 0.544. The van der Waals surface area contributed by atoms with Crippen LogP contribution in [0.1, 0.15) is 32.3 Å². The molecule has 1 amide bonds. The average molecular weight is 450 g/mol. The molecular formula is C26H35N5O2. The number of imidazole rings is 1. The van der Waals surface area contributed by atoms with Crippen molar-refractivity contribution in [2.24, 2.45) is 0 Å². The number of hydrogen-bond acceptors (Lipinski definition) is 4. The van der Waals surface area contributed by atoms with Crippen LogP contribution in [-0.2, 0) is 24.4 Å². The summed E-state index contributed by atoms with van der Waals surface area (Å²) in [5.41, 5.74) is 3.81. The number of rotatable bonds is 9. The summed E-state index contributed by atoms with van der Waals surface area (Å²) >= 11 is 0. The molecule has 7 heteroatoms. The van der Waals surface area contributed by atoms with Gasteiger partial charge in [-0.1, -0.05) is 38.1 Å². The van der Waals surface area contributed by atoms with Crippen LogP contribution in [0.4, 0.5) is 5.69 Å². The van der Waals surface area contributed by atoms with Crippen LogP contribution in [0.3, 0.4) is 0 Å². The maximum Gasteiger partial charge on any atom is 0.329 e. The van der Waals surface area contributed by atoms with Gasteiger partial charge in [0.15, 0.2) is 0 Å². The summed E-state index contributed by atoms with van der Waals surface area (Å²) in [7, 11) is 0. The molecule has 0 radical (unpaired) electrons. The van der Waals surface area contributed by atoms with Gasteiger partial charge in [0.1, 0.15) is 0 Å². The number of fused-ring (bicyclic) bond motifs is 1. The third-order valence-electron chi connectivity index (χ3n) is 6.49. The van der Waals surface area contributed by atoms with Gasteiger partial charge in [0.25, 0.3) is 0 Å². The average Bonchev–Trinajstić information content (AvgIpc) is 3.10. The third kappa shape index (κ3) is 5.54. The van der Waals surface area contributed by atoms with Crippen LogP contribution in [0.5, 0.6) is 0 Å². The molecule has 1 aliphatic rings. The number of likely N-dealkylation sites (N-methyl/N-ethyl adjacent to an activating group) is 1. The van der Waals surface area contributed by atoms with Crippen molar-refractivity contribution < 1.29 is 4.79 Å². The molecule has 0 bridgehead atoms. The number of para-hydroxylation sites is 2. The van der Waals surface area contributed by atoms with E-state index in [0.717, 1.165) is 62.4 Å². The Balaban J connectivity index is 1.32. The van der Waals surface area contributed by atoms with Gasteiger partial charge in [-0.25, -0.2) is 4.79 Å². The Bertz CT molecular complexity index is 1120. The topological polar surface area (TPSA) is 62.5 Å². The molecule has 1 saturated heterocycles. The van der Waals surface area contributed by atoms with Crippen LogP contribution in [0.2, 0.25) is 0 Å². The fourth-order valence-electron chi connectivity index (χ4n) is 4.58. The SMILES string of the molecule is CCCn1c(=O)n(CCC(=O)Nc2ccc(CN3CCN(CC)CC3)cc2)c2ccccc21. The fourth-order valence-corrected chi connectivity index (χ4v) is 4.58. The number of aryl methyl sites for hydroxylation is 2. The lowest BCUT2D eigenvalue weighted by Crippen LogP contribution is -2.45. The highest BCUT2D eigenvalue weighted by atomic mass is 16.2. The molecule has 0 atom stereocenters. The second-order valence-corrected chi connectivity index (χ2v) is 8.78. The maximum atomic E-state index is 12.9. The molecule has 1 aromatic heterocycles. The molecule has 0 aliphatic carbocycles. The van der Waals surface area contributed by atoms with Crippen LogP contribution in [0, 0.1) is 0 Å². The lowest BCUT2D eigenvalue weighted by Gasteiger charge is -2.34. The Morgan fingerprint density at radius 2 is 1.45 bits per heavy atom. The Morgan fingerprint density at radius 3 is 2.06 bits per heavy atom. The van der Waals surface area contributed by atoms with Gasteiger partial charge >= 0.3 is 5.69 Å². The summed E-state index contributed by atoms with van der Waals surface area (Å²) in [5.74, 6) is -0.0855. The van der Waals surface area contributed by atoms with E-state index in [1.807, 2.05) is 36.4 Å². The van der Waals surface area contributed by atoms with Crippen molar-refractivity contribution in [2.45, 2.75) is 46.3 Å². The molecule has 7 nitrogen and oxygen atoms in total. The number of nitrogens with zero attached hydrogens (tertiary/aromatic N) is 4. The Morgan fingerprint density at radius 1 is 0.848 bits per heavy atom. The largest absolute Gasteiger partial charge is 0.329 e. The number of hydrogen-bond donors (Lipinski definition) is 1. The first-order chi connectivity index (χ1) is 16.1. The monoisotopic (exact) mass is 449 g/mol. The standard InChI is InChI=1S/C26H35N5O2/c1-3-14-30-23-7-5-6-8-24(23)31(26(30)33)15-13-25(32)27-22-11-9-21(10-12-22)20-29-18-16-28(4-2)17-19-29/h5-12H,3-4,13-20H2,1-2H3,(H,27,32). The first-order valence-electron chi connectivity index (χ1n) is 12.1. The van der Waals surface area contributed by atoms with E-state index in [0.29, 0.717) is 13.1 Å². The summed E-state index contributed by atoms with van der Waals surface area (Å²) in [5, 5.41) is 2.97. The molecule has 1 N–H and O–H groups in total. The predicted molar refractivity (Wildman–Crippen MR) is 134 cm³/mol. The maximum absolute atomic E-state index is 12.9. The summed E-state index contributed by atoms with van der Waals surface area (Å²) < 4.78 is 3.51. The number of anilines is 1. The van der Waals surface area contributed by atoms with Crippen molar-refractivity contribution in [3.8, 4) is 0 Å². The van der Waals surface area contributed by atoms with Gasteiger partial charge in [-0.05, 0) is 42.8 Å². The first-order valence-corrected chi connectivity index (χ1v) is 12.1. The molecule has 2 heterocycles. The zero-order valence-electron chi connectivity index (χ0n) is 19.8. The van der Waals surface area contributed by atoms with E-state index in [1.165, 1.54) is 5.56 Å². The van der Waals surface area contributed by atoms with Gasteiger partial charge in [0.2, 0.25) is 5.91 Å². The van der Waals surface area contributed by atoms with E-state index in [1.54, 1.807) is 9.13 Å². The minimum atomic E-state index is -0.0855. The molecule has 1 aliphatic heterocycles. The molecular weight excluding hydrogens is 414 g/mol. The second kappa shape index (κ2) is 10.8. The highest BCUT2D eigenvalue weighted by molar-refractivity contribution is 5.90. The zero-order valence-corrected chi connectivity index (χ0v) is 19.8. The number of piperazine rings is 1.